The molecular weight excluding hydrogens is 521 g/mol. The van der Waals surface area contributed by atoms with Crippen LogP contribution in [-0.2, 0) is 17.9 Å². The van der Waals surface area contributed by atoms with Crippen LogP contribution < -0.4 is 9.47 Å². The number of ether oxygens (including phenoxy) is 2. The second kappa shape index (κ2) is 10.9. The second-order valence-electron chi connectivity index (χ2n) is 7.43. The predicted molar refractivity (Wildman–Crippen MR) is 134 cm³/mol. The minimum Gasteiger partial charge on any atom is -0.490 e. The van der Waals surface area contributed by atoms with Crippen LogP contribution in [0.3, 0.4) is 0 Å². The van der Waals surface area contributed by atoms with E-state index in [1.807, 2.05) is 37.3 Å². The molecule has 1 aliphatic rings. The van der Waals surface area contributed by atoms with Crippen molar-refractivity contribution in [2.24, 2.45) is 0 Å². The van der Waals surface area contributed by atoms with Gasteiger partial charge in [-0.25, -0.2) is 4.39 Å². The minimum absolute atomic E-state index is 0.229. The normalized spacial score (nSPS) is 14.7. The summed E-state index contributed by atoms with van der Waals surface area (Å²) in [7, 11) is 0. The molecule has 3 aromatic rings. The fourth-order valence-electron chi connectivity index (χ4n) is 3.36. The summed E-state index contributed by atoms with van der Waals surface area (Å²) in [5.74, 6) is 0.358. The SMILES string of the molecule is CCOc1cc(/C=C2\SC(=O)N(Cc3ccccc3)C2=O)cc(Br)c1OCc1ccc(F)cc1. The Labute approximate surface area is 209 Å². The summed E-state index contributed by atoms with van der Waals surface area (Å²) in [5, 5.41) is -0.302. The summed E-state index contributed by atoms with van der Waals surface area (Å²) in [4.78, 5) is 26.9. The van der Waals surface area contributed by atoms with Crippen molar-refractivity contribution in [1.29, 1.82) is 0 Å². The van der Waals surface area contributed by atoms with E-state index in [4.69, 9.17) is 9.47 Å². The van der Waals surface area contributed by atoms with Crippen LogP contribution in [0, 0.1) is 5.82 Å². The quantitative estimate of drug-likeness (QED) is 0.293. The first-order valence-corrected chi connectivity index (χ1v) is 12.2. The summed E-state index contributed by atoms with van der Waals surface area (Å²) in [6.07, 6.45) is 1.67. The number of hydrogen-bond acceptors (Lipinski definition) is 5. The van der Waals surface area contributed by atoms with E-state index in [1.165, 1.54) is 17.0 Å². The topological polar surface area (TPSA) is 55.8 Å². The molecule has 0 atom stereocenters. The zero-order valence-corrected chi connectivity index (χ0v) is 20.7. The van der Waals surface area contributed by atoms with Crippen molar-refractivity contribution in [3.8, 4) is 11.5 Å². The van der Waals surface area contributed by atoms with Gasteiger partial charge in [0.1, 0.15) is 12.4 Å². The number of benzene rings is 3. The molecule has 4 rings (SSSR count). The Bertz CT molecular complexity index is 1230. The van der Waals surface area contributed by atoms with Gasteiger partial charge < -0.3 is 9.47 Å². The largest absolute Gasteiger partial charge is 0.490 e. The van der Waals surface area contributed by atoms with Crippen molar-refractivity contribution in [3.05, 3.63) is 98.6 Å². The maximum atomic E-state index is 13.2. The molecule has 1 fully saturated rings. The van der Waals surface area contributed by atoms with Crippen molar-refractivity contribution in [2.75, 3.05) is 6.61 Å². The fourth-order valence-corrected chi connectivity index (χ4v) is 4.78. The van der Waals surface area contributed by atoms with Gasteiger partial charge in [0.25, 0.3) is 11.1 Å². The Morgan fingerprint density at radius 1 is 1.00 bits per heavy atom. The molecule has 5 nitrogen and oxygen atoms in total. The monoisotopic (exact) mass is 541 g/mol. The number of amides is 2. The van der Waals surface area contributed by atoms with Crippen LogP contribution in [0.2, 0.25) is 0 Å². The first-order valence-electron chi connectivity index (χ1n) is 10.6. The van der Waals surface area contributed by atoms with Crippen LogP contribution in [0.25, 0.3) is 6.08 Å². The van der Waals surface area contributed by atoms with Gasteiger partial charge in [-0.1, -0.05) is 42.5 Å². The van der Waals surface area contributed by atoms with E-state index in [2.05, 4.69) is 15.9 Å². The Morgan fingerprint density at radius 3 is 2.44 bits per heavy atom. The Hall–Kier alpha value is -3.10. The van der Waals surface area contributed by atoms with Crippen LogP contribution in [-0.4, -0.2) is 22.7 Å². The van der Waals surface area contributed by atoms with E-state index < -0.39 is 0 Å². The first kappa shape index (κ1) is 24.0. The highest BCUT2D eigenvalue weighted by atomic mass is 79.9. The zero-order valence-electron chi connectivity index (χ0n) is 18.3. The highest BCUT2D eigenvalue weighted by molar-refractivity contribution is 9.10. The van der Waals surface area contributed by atoms with E-state index >= 15 is 0 Å². The maximum Gasteiger partial charge on any atom is 0.293 e. The maximum absolute atomic E-state index is 13.2. The molecule has 0 unspecified atom stereocenters. The third-order valence-electron chi connectivity index (χ3n) is 4.98. The Kier molecular flexibility index (Phi) is 7.70. The van der Waals surface area contributed by atoms with Crippen molar-refractivity contribution in [1.82, 2.24) is 4.90 Å². The number of carbonyl (C=O) groups excluding carboxylic acids is 2. The Morgan fingerprint density at radius 2 is 1.74 bits per heavy atom. The lowest BCUT2D eigenvalue weighted by Crippen LogP contribution is -2.27. The molecule has 174 valence electrons. The molecule has 0 aromatic heterocycles. The van der Waals surface area contributed by atoms with Crippen molar-refractivity contribution < 1.29 is 23.5 Å². The van der Waals surface area contributed by atoms with Gasteiger partial charge in [-0.3, -0.25) is 14.5 Å². The Balaban J connectivity index is 1.55. The molecule has 1 saturated heterocycles. The van der Waals surface area contributed by atoms with E-state index in [0.717, 1.165) is 22.9 Å². The summed E-state index contributed by atoms with van der Waals surface area (Å²) in [6.45, 7) is 2.74. The number of nitrogens with zero attached hydrogens (tertiary/aromatic N) is 1. The lowest BCUT2D eigenvalue weighted by Gasteiger charge is -2.15. The highest BCUT2D eigenvalue weighted by Crippen LogP contribution is 2.40. The van der Waals surface area contributed by atoms with Gasteiger partial charge in [0.2, 0.25) is 0 Å². The first-order chi connectivity index (χ1) is 16.4. The molecule has 0 N–H and O–H groups in total. The van der Waals surface area contributed by atoms with Gasteiger partial charge in [-0.05, 0) is 81.6 Å². The molecule has 3 aromatic carbocycles. The minimum atomic E-state index is -0.329. The number of rotatable bonds is 8. The highest BCUT2D eigenvalue weighted by Gasteiger charge is 2.35. The molecule has 0 bridgehead atoms. The molecule has 0 saturated carbocycles. The molecule has 1 aliphatic heterocycles. The number of hydrogen-bond donors (Lipinski definition) is 0. The summed E-state index contributed by atoms with van der Waals surface area (Å²) in [6, 6.07) is 19.0. The van der Waals surface area contributed by atoms with E-state index in [1.54, 1.807) is 30.3 Å². The van der Waals surface area contributed by atoms with Crippen LogP contribution in [0.15, 0.2) is 76.1 Å². The van der Waals surface area contributed by atoms with E-state index in [0.29, 0.717) is 33.0 Å². The van der Waals surface area contributed by atoms with Gasteiger partial charge in [0.15, 0.2) is 11.5 Å². The number of imide groups is 1. The van der Waals surface area contributed by atoms with Gasteiger partial charge in [-0.15, -0.1) is 0 Å². The average molecular weight is 542 g/mol. The van der Waals surface area contributed by atoms with Gasteiger partial charge in [0.05, 0.1) is 22.5 Å². The van der Waals surface area contributed by atoms with Crippen LogP contribution in [0.4, 0.5) is 9.18 Å². The summed E-state index contributed by atoms with van der Waals surface area (Å²) < 4.78 is 25.5. The number of halogens is 2. The lowest BCUT2D eigenvalue weighted by atomic mass is 10.1. The molecule has 8 heteroatoms. The number of thioether (sulfide) groups is 1. The zero-order chi connectivity index (χ0) is 24.1. The van der Waals surface area contributed by atoms with Crippen LogP contribution in [0.5, 0.6) is 11.5 Å². The summed E-state index contributed by atoms with van der Waals surface area (Å²) >= 11 is 4.44. The third kappa shape index (κ3) is 5.69. The third-order valence-corrected chi connectivity index (χ3v) is 6.48. The van der Waals surface area contributed by atoms with Crippen LogP contribution >= 0.6 is 27.7 Å². The second-order valence-corrected chi connectivity index (χ2v) is 9.28. The predicted octanol–water partition coefficient (Wildman–Crippen LogP) is 6.80. The molecule has 0 aliphatic carbocycles. The van der Waals surface area contributed by atoms with E-state index in [-0.39, 0.29) is 30.1 Å². The van der Waals surface area contributed by atoms with Crippen molar-refractivity contribution in [3.63, 3.8) is 0 Å². The van der Waals surface area contributed by atoms with Gasteiger partial charge >= 0.3 is 0 Å². The standard InChI is InChI=1S/C26H21BrFNO4S/c1-2-32-22-13-19(12-21(27)24(22)33-16-18-8-10-20(28)11-9-18)14-23-25(30)29(26(31)34-23)15-17-6-4-3-5-7-17/h3-14H,2,15-16H2,1H3/b23-14-. The van der Waals surface area contributed by atoms with Crippen molar-refractivity contribution in [2.45, 2.75) is 20.1 Å². The van der Waals surface area contributed by atoms with Crippen LogP contribution in [0.1, 0.15) is 23.6 Å². The lowest BCUT2D eigenvalue weighted by molar-refractivity contribution is -0.123. The molecule has 1 heterocycles. The molecule has 0 radical (unpaired) electrons. The molecular formula is C26H21BrFNO4S. The fraction of sp³-hybridized carbons (Fsp3) is 0.154. The average Bonchev–Trinajstić information content (AvgIpc) is 3.08. The van der Waals surface area contributed by atoms with Gasteiger partial charge in [-0.2, -0.15) is 0 Å². The smallest absolute Gasteiger partial charge is 0.293 e. The van der Waals surface area contributed by atoms with E-state index in [9.17, 15) is 14.0 Å². The summed E-state index contributed by atoms with van der Waals surface area (Å²) in [5.41, 5.74) is 2.39. The molecule has 34 heavy (non-hydrogen) atoms. The number of carbonyl (C=O) groups is 2. The van der Waals surface area contributed by atoms with Crippen molar-refractivity contribution >= 4 is 44.9 Å². The molecule has 0 spiro atoms. The van der Waals surface area contributed by atoms with Gasteiger partial charge in [0, 0.05) is 0 Å². The molecule has 2 amide bonds.